The van der Waals surface area contributed by atoms with Gasteiger partial charge in [0.05, 0.1) is 11.4 Å². The molecule has 0 unspecified atom stereocenters. The summed E-state index contributed by atoms with van der Waals surface area (Å²) >= 11 is 0. The van der Waals surface area contributed by atoms with Crippen LogP contribution in [-0.2, 0) is 0 Å². The number of hydrogen-bond acceptors (Lipinski definition) is 4. The molecule has 21 heavy (non-hydrogen) atoms. The molecule has 0 atom stereocenters. The van der Waals surface area contributed by atoms with E-state index in [4.69, 9.17) is 15.8 Å². The first-order chi connectivity index (χ1) is 10.2. The van der Waals surface area contributed by atoms with Gasteiger partial charge in [0.15, 0.2) is 5.57 Å². The molecule has 0 spiro atoms. The summed E-state index contributed by atoms with van der Waals surface area (Å²) in [5.74, 6) is 0. The number of hydrogen-bond donors (Lipinski definition) is 1. The van der Waals surface area contributed by atoms with Crippen LogP contribution in [-0.4, -0.2) is 4.57 Å². The van der Waals surface area contributed by atoms with Crippen LogP contribution in [0.5, 0.6) is 0 Å². The predicted molar refractivity (Wildman–Crippen MR) is 78.0 cm³/mol. The summed E-state index contributed by atoms with van der Waals surface area (Å²) in [6.45, 7) is 1.93. The maximum absolute atomic E-state index is 9.13. The summed E-state index contributed by atoms with van der Waals surface area (Å²) in [6, 6.07) is 14.8. The number of allylic oxidation sites excluding steroid dienone is 2. The lowest BCUT2D eigenvalue weighted by molar-refractivity contribution is 1.08. The zero-order chi connectivity index (χ0) is 15.2. The van der Waals surface area contributed by atoms with Gasteiger partial charge in [-0.25, -0.2) is 0 Å². The van der Waals surface area contributed by atoms with Crippen molar-refractivity contribution in [1.82, 2.24) is 4.57 Å². The number of nitrogens with zero attached hydrogens (tertiary/aromatic N) is 4. The van der Waals surface area contributed by atoms with E-state index in [1.165, 1.54) is 0 Å². The van der Waals surface area contributed by atoms with Crippen LogP contribution in [0.25, 0.3) is 5.69 Å². The van der Waals surface area contributed by atoms with E-state index in [-0.39, 0.29) is 11.3 Å². The molecular formula is C16H11N5. The smallest absolute Gasteiger partial charge is 0.163 e. The molecule has 0 amide bonds. The van der Waals surface area contributed by atoms with Crippen LogP contribution in [0.1, 0.15) is 5.56 Å². The van der Waals surface area contributed by atoms with Crippen molar-refractivity contribution in [3.05, 3.63) is 59.6 Å². The summed E-state index contributed by atoms with van der Waals surface area (Å²) in [7, 11) is 0. The molecular weight excluding hydrogens is 262 g/mol. The van der Waals surface area contributed by atoms with Gasteiger partial charge in [0.2, 0.25) is 0 Å². The fraction of sp³-hybridized carbons (Fsp3) is 0.0625. The highest BCUT2D eigenvalue weighted by Gasteiger charge is 2.10. The number of aromatic nitrogens is 1. The lowest BCUT2D eigenvalue weighted by atomic mass is 10.1. The molecule has 5 nitrogen and oxygen atoms in total. The van der Waals surface area contributed by atoms with Crippen molar-refractivity contribution >= 4 is 5.69 Å². The van der Waals surface area contributed by atoms with Crippen LogP contribution in [0.15, 0.2) is 54.0 Å². The van der Waals surface area contributed by atoms with Gasteiger partial charge >= 0.3 is 0 Å². The molecule has 1 aromatic carbocycles. The monoisotopic (exact) mass is 273 g/mol. The third-order valence-electron chi connectivity index (χ3n) is 2.88. The number of nitrogens with one attached hydrogen (secondary N) is 1. The van der Waals surface area contributed by atoms with Crippen LogP contribution in [0, 0.1) is 40.9 Å². The minimum absolute atomic E-state index is 0.0565. The van der Waals surface area contributed by atoms with E-state index in [1.54, 1.807) is 12.1 Å². The van der Waals surface area contributed by atoms with E-state index in [0.29, 0.717) is 5.69 Å². The van der Waals surface area contributed by atoms with Crippen molar-refractivity contribution < 1.29 is 0 Å². The predicted octanol–water partition coefficient (Wildman–Crippen LogP) is 3.02. The number of aryl methyl sites for hydroxylation is 1. The zero-order valence-corrected chi connectivity index (χ0v) is 11.3. The van der Waals surface area contributed by atoms with E-state index in [2.05, 4.69) is 5.32 Å². The number of rotatable bonds is 3. The first-order valence-electron chi connectivity index (χ1n) is 6.15. The molecule has 2 rings (SSSR count). The minimum Gasteiger partial charge on any atom is -0.343 e. The Morgan fingerprint density at radius 3 is 2.29 bits per heavy atom. The maximum atomic E-state index is 9.13. The van der Waals surface area contributed by atoms with E-state index >= 15 is 0 Å². The van der Waals surface area contributed by atoms with Gasteiger partial charge in [0.25, 0.3) is 0 Å². The highest BCUT2D eigenvalue weighted by Crippen LogP contribution is 2.24. The molecule has 100 valence electrons. The summed E-state index contributed by atoms with van der Waals surface area (Å²) < 4.78 is 1.88. The second-order valence-electron chi connectivity index (χ2n) is 4.32. The lowest BCUT2D eigenvalue weighted by Crippen LogP contribution is -2.05. The summed E-state index contributed by atoms with van der Waals surface area (Å²) in [5.41, 5.74) is 2.19. The van der Waals surface area contributed by atoms with Crippen molar-refractivity contribution in [3.8, 4) is 23.9 Å². The Morgan fingerprint density at radius 2 is 1.71 bits per heavy atom. The average molecular weight is 273 g/mol. The van der Waals surface area contributed by atoms with Gasteiger partial charge in [-0.15, -0.1) is 0 Å². The molecule has 1 heterocycles. The van der Waals surface area contributed by atoms with E-state index < -0.39 is 0 Å². The SMILES string of the molecule is Cc1ccc(-n2cccc2)c(NC(C#N)=C(C#N)C#N)c1. The molecule has 1 aromatic heterocycles. The van der Waals surface area contributed by atoms with E-state index in [9.17, 15) is 0 Å². The van der Waals surface area contributed by atoms with Gasteiger partial charge in [-0.1, -0.05) is 6.07 Å². The Kier molecular flexibility index (Phi) is 4.05. The fourth-order valence-corrected chi connectivity index (χ4v) is 1.89. The molecule has 0 aliphatic rings. The number of benzene rings is 1. The highest BCUT2D eigenvalue weighted by atomic mass is 15.0. The molecule has 0 aliphatic carbocycles. The van der Waals surface area contributed by atoms with Gasteiger partial charge in [0, 0.05) is 12.4 Å². The molecule has 0 fully saturated rings. The molecule has 0 saturated heterocycles. The van der Waals surface area contributed by atoms with Gasteiger partial charge < -0.3 is 9.88 Å². The average Bonchev–Trinajstić information content (AvgIpc) is 3.01. The molecule has 0 saturated carbocycles. The third-order valence-corrected chi connectivity index (χ3v) is 2.88. The topological polar surface area (TPSA) is 88.3 Å². The Labute approximate surface area is 122 Å². The van der Waals surface area contributed by atoms with Gasteiger partial charge in [0.1, 0.15) is 23.9 Å². The Hall–Kier alpha value is -3.49. The van der Waals surface area contributed by atoms with Gasteiger partial charge in [-0.3, -0.25) is 0 Å². The van der Waals surface area contributed by atoms with Crippen LogP contribution in [0.4, 0.5) is 5.69 Å². The summed E-state index contributed by atoms with van der Waals surface area (Å²) in [4.78, 5) is 0. The molecule has 1 N–H and O–H groups in total. The minimum atomic E-state index is -0.238. The highest BCUT2D eigenvalue weighted by molar-refractivity contribution is 5.68. The van der Waals surface area contributed by atoms with Gasteiger partial charge in [-0.2, -0.15) is 15.8 Å². The second kappa shape index (κ2) is 6.10. The van der Waals surface area contributed by atoms with Gasteiger partial charge in [-0.05, 0) is 36.8 Å². The Bertz CT molecular complexity index is 792. The van der Waals surface area contributed by atoms with Crippen LogP contribution >= 0.6 is 0 Å². The summed E-state index contributed by atoms with van der Waals surface area (Å²) in [6.07, 6.45) is 3.75. The largest absolute Gasteiger partial charge is 0.343 e. The van der Waals surface area contributed by atoms with Crippen molar-refractivity contribution in [2.24, 2.45) is 0 Å². The molecule has 0 bridgehead atoms. The Balaban J connectivity index is 2.53. The normalized spacial score (nSPS) is 9.05. The number of anilines is 1. The van der Waals surface area contributed by atoms with Crippen LogP contribution in [0.3, 0.4) is 0 Å². The number of nitriles is 3. The fourth-order valence-electron chi connectivity index (χ4n) is 1.89. The zero-order valence-electron chi connectivity index (χ0n) is 11.3. The first-order valence-corrected chi connectivity index (χ1v) is 6.15. The standard InChI is InChI=1S/C16H11N5/c1-12-4-5-16(21-6-2-3-7-21)14(8-12)20-15(11-19)13(9-17)10-18/h2-8,20H,1H3. The second-order valence-corrected chi connectivity index (χ2v) is 4.32. The first kappa shape index (κ1) is 13.9. The summed E-state index contributed by atoms with van der Waals surface area (Å²) in [5, 5.41) is 29.8. The van der Waals surface area contributed by atoms with Crippen molar-refractivity contribution in [2.45, 2.75) is 6.92 Å². The van der Waals surface area contributed by atoms with E-state index in [1.807, 2.05) is 60.3 Å². The molecule has 0 aliphatic heterocycles. The van der Waals surface area contributed by atoms with Crippen LogP contribution in [0.2, 0.25) is 0 Å². The molecule has 5 heteroatoms. The van der Waals surface area contributed by atoms with Crippen LogP contribution < -0.4 is 5.32 Å². The van der Waals surface area contributed by atoms with Crippen molar-refractivity contribution in [1.29, 1.82) is 15.8 Å². The Morgan fingerprint density at radius 1 is 1.05 bits per heavy atom. The quantitative estimate of drug-likeness (QED) is 0.870. The molecule has 0 radical (unpaired) electrons. The third kappa shape index (κ3) is 2.92. The molecule has 2 aromatic rings. The maximum Gasteiger partial charge on any atom is 0.163 e. The van der Waals surface area contributed by atoms with Crippen molar-refractivity contribution in [3.63, 3.8) is 0 Å². The lowest BCUT2D eigenvalue weighted by Gasteiger charge is -2.13. The van der Waals surface area contributed by atoms with Crippen molar-refractivity contribution in [2.75, 3.05) is 5.32 Å². The van der Waals surface area contributed by atoms with E-state index in [0.717, 1.165) is 11.3 Å².